The zero-order valence-corrected chi connectivity index (χ0v) is 19.5. The van der Waals surface area contributed by atoms with Crippen LogP contribution in [0.1, 0.15) is 11.4 Å². The van der Waals surface area contributed by atoms with Crippen molar-refractivity contribution in [2.45, 2.75) is 13.2 Å². The molecule has 4 nitrogen and oxygen atoms in total. The van der Waals surface area contributed by atoms with Gasteiger partial charge >= 0.3 is 0 Å². The highest BCUT2D eigenvalue weighted by Crippen LogP contribution is 2.46. The van der Waals surface area contributed by atoms with Gasteiger partial charge in [-0.15, -0.1) is 0 Å². The maximum absolute atomic E-state index is 6.58. The monoisotopic (exact) mass is 466 g/mol. The number of nitrogens with zero attached hydrogens (tertiary/aromatic N) is 2. The second-order valence-electron chi connectivity index (χ2n) is 8.89. The summed E-state index contributed by atoms with van der Waals surface area (Å²) in [6.45, 7) is 0.688. The molecule has 0 fully saturated rings. The minimum Gasteiger partial charge on any atom is -0.487 e. The number of hydrogen-bond donors (Lipinski definition) is 0. The van der Waals surface area contributed by atoms with Crippen molar-refractivity contribution in [2.24, 2.45) is 0 Å². The second-order valence-corrected chi connectivity index (χ2v) is 8.89. The second kappa shape index (κ2) is 8.51. The van der Waals surface area contributed by atoms with Crippen molar-refractivity contribution in [1.29, 1.82) is 0 Å². The van der Waals surface area contributed by atoms with Crippen LogP contribution in [-0.4, -0.2) is 9.97 Å². The van der Waals surface area contributed by atoms with Crippen LogP contribution in [0, 0.1) is 0 Å². The summed E-state index contributed by atoms with van der Waals surface area (Å²) >= 11 is 0. The lowest BCUT2D eigenvalue weighted by Gasteiger charge is -2.21. The fraction of sp³-hybridized carbons (Fsp3) is 0.0625. The van der Waals surface area contributed by atoms with Crippen LogP contribution in [0.5, 0.6) is 11.5 Å². The van der Waals surface area contributed by atoms with E-state index in [2.05, 4.69) is 94.9 Å². The first-order valence-electron chi connectivity index (χ1n) is 12.0. The highest BCUT2D eigenvalue weighted by Gasteiger charge is 2.21. The average Bonchev–Trinajstić information content (AvgIpc) is 2.94. The van der Waals surface area contributed by atoms with Crippen molar-refractivity contribution in [3.63, 3.8) is 0 Å². The molecule has 1 aliphatic heterocycles. The zero-order chi connectivity index (χ0) is 23.9. The molecular weight excluding hydrogens is 444 g/mol. The fourth-order valence-electron chi connectivity index (χ4n) is 5.15. The molecule has 4 aromatic carbocycles. The summed E-state index contributed by atoms with van der Waals surface area (Å²) in [7, 11) is 0. The van der Waals surface area contributed by atoms with Crippen LogP contribution >= 0.6 is 0 Å². The van der Waals surface area contributed by atoms with Gasteiger partial charge in [-0.3, -0.25) is 9.97 Å². The molecule has 0 aliphatic carbocycles. The predicted octanol–water partition coefficient (Wildman–Crippen LogP) is 7.59. The van der Waals surface area contributed by atoms with Gasteiger partial charge in [-0.1, -0.05) is 72.8 Å². The summed E-state index contributed by atoms with van der Waals surface area (Å²) in [6.07, 6.45) is 3.62. The Kier molecular flexibility index (Phi) is 4.88. The van der Waals surface area contributed by atoms with Crippen molar-refractivity contribution in [3.05, 3.63) is 121 Å². The Bertz CT molecular complexity index is 1630. The number of hydrogen-bond acceptors (Lipinski definition) is 4. The van der Waals surface area contributed by atoms with E-state index < -0.39 is 0 Å². The van der Waals surface area contributed by atoms with Gasteiger partial charge in [-0.25, -0.2) is 0 Å². The zero-order valence-electron chi connectivity index (χ0n) is 19.5. The first-order valence-corrected chi connectivity index (χ1v) is 12.0. The van der Waals surface area contributed by atoms with Gasteiger partial charge in [-0.05, 0) is 45.8 Å². The normalized spacial score (nSPS) is 12.7. The van der Waals surface area contributed by atoms with E-state index in [1.54, 1.807) is 0 Å². The van der Waals surface area contributed by atoms with E-state index in [0.717, 1.165) is 66.7 Å². The summed E-state index contributed by atoms with van der Waals surface area (Å²) in [5.74, 6) is 1.61. The highest BCUT2D eigenvalue weighted by atomic mass is 16.5. The molecule has 1 aliphatic rings. The molecule has 0 radical (unpaired) electrons. The van der Waals surface area contributed by atoms with Gasteiger partial charge in [0.15, 0.2) is 0 Å². The van der Waals surface area contributed by atoms with E-state index >= 15 is 0 Å². The molecule has 172 valence electrons. The number of pyridine rings is 2. The molecule has 0 amide bonds. The molecule has 0 spiro atoms. The molecule has 0 N–H and O–H groups in total. The SMILES string of the molecule is c1cnc2c(c1)-c1cccnc1COc1ccc3ccccc3c1-c1c(ccc3ccccc13)OC2. The van der Waals surface area contributed by atoms with E-state index in [4.69, 9.17) is 9.47 Å². The van der Waals surface area contributed by atoms with Gasteiger partial charge in [-0.2, -0.15) is 0 Å². The molecule has 0 unspecified atom stereocenters. The van der Waals surface area contributed by atoms with Gasteiger partial charge in [0.1, 0.15) is 24.7 Å². The van der Waals surface area contributed by atoms with Crippen molar-refractivity contribution in [3.8, 4) is 33.8 Å². The van der Waals surface area contributed by atoms with Crippen LogP contribution < -0.4 is 9.47 Å². The van der Waals surface area contributed by atoms with Crippen LogP contribution in [0.2, 0.25) is 0 Å². The van der Waals surface area contributed by atoms with Crippen molar-refractivity contribution >= 4 is 21.5 Å². The molecule has 36 heavy (non-hydrogen) atoms. The van der Waals surface area contributed by atoms with Crippen LogP contribution in [-0.2, 0) is 13.2 Å². The number of fused-ring (bicyclic) bond motifs is 10. The van der Waals surface area contributed by atoms with Crippen LogP contribution in [0.4, 0.5) is 0 Å². The molecule has 0 bridgehead atoms. The lowest BCUT2D eigenvalue weighted by Crippen LogP contribution is -2.07. The minimum absolute atomic E-state index is 0.344. The largest absolute Gasteiger partial charge is 0.487 e. The van der Waals surface area contributed by atoms with E-state index in [-0.39, 0.29) is 0 Å². The summed E-state index contributed by atoms with van der Waals surface area (Å²) in [4.78, 5) is 9.36. The maximum Gasteiger partial charge on any atom is 0.131 e. The number of rotatable bonds is 0. The van der Waals surface area contributed by atoms with Crippen LogP contribution in [0.15, 0.2) is 109 Å². The summed E-state index contributed by atoms with van der Waals surface area (Å²) in [6, 6.07) is 33.2. The quantitative estimate of drug-likeness (QED) is 0.231. The number of aromatic nitrogens is 2. The molecule has 7 rings (SSSR count). The highest BCUT2D eigenvalue weighted by molar-refractivity contribution is 6.09. The Morgan fingerprint density at radius 3 is 1.44 bits per heavy atom. The Balaban J connectivity index is 1.55. The van der Waals surface area contributed by atoms with Crippen LogP contribution in [0.25, 0.3) is 43.8 Å². The van der Waals surface area contributed by atoms with E-state index in [0.29, 0.717) is 13.2 Å². The summed E-state index contributed by atoms with van der Waals surface area (Å²) in [5, 5.41) is 4.54. The first kappa shape index (κ1) is 20.7. The minimum atomic E-state index is 0.344. The Hall–Kier alpha value is -4.70. The van der Waals surface area contributed by atoms with Gasteiger partial charge in [0.25, 0.3) is 0 Å². The molecule has 0 saturated carbocycles. The molecule has 2 aromatic heterocycles. The molecule has 0 atom stereocenters. The molecule has 0 saturated heterocycles. The fourth-order valence-corrected chi connectivity index (χ4v) is 5.15. The van der Waals surface area contributed by atoms with Gasteiger partial charge < -0.3 is 9.47 Å². The molecule has 6 aromatic rings. The molecule has 3 heterocycles. The van der Waals surface area contributed by atoms with Crippen LogP contribution in [0.3, 0.4) is 0 Å². The topological polar surface area (TPSA) is 44.2 Å². The van der Waals surface area contributed by atoms with Gasteiger partial charge in [0.05, 0.1) is 11.4 Å². The lowest BCUT2D eigenvalue weighted by atomic mass is 9.92. The van der Waals surface area contributed by atoms with E-state index in [1.807, 2.05) is 24.5 Å². The third-order valence-electron chi connectivity index (χ3n) is 6.83. The maximum atomic E-state index is 6.58. The van der Waals surface area contributed by atoms with E-state index in [1.165, 1.54) is 0 Å². The summed E-state index contributed by atoms with van der Waals surface area (Å²) < 4.78 is 13.2. The van der Waals surface area contributed by atoms with E-state index in [9.17, 15) is 0 Å². The van der Waals surface area contributed by atoms with Crippen molar-refractivity contribution in [1.82, 2.24) is 9.97 Å². The molecular formula is C32H22N2O2. The Morgan fingerprint density at radius 2 is 0.944 bits per heavy atom. The average molecular weight is 467 g/mol. The number of ether oxygens (including phenoxy) is 2. The standard InChI is InChI=1S/C32H22N2O2/c1-3-9-23-21(7-1)13-15-29-31(23)32-24-10-4-2-8-22(24)14-16-30(32)36-20-28-26(12-6-18-34-28)25-11-5-17-33-27(25)19-35-29/h1-18H,19-20H2. The third kappa shape index (κ3) is 3.38. The number of benzene rings is 4. The summed E-state index contributed by atoms with van der Waals surface area (Å²) in [5.41, 5.74) is 5.80. The third-order valence-corrected chi connectivity index (χ3v) is 6.83. The Labute approximate surface area is 208 Å². The Morgan fingerprint density at radius 1 is 0.472 bits per heavy atom. The first-order chi connectivity index (χ1) is 17.9. The lowest BCUT2D eigenvalue weighted by molar-refractivity contribution is 0.297. The van der Waals surface area contributed by atoms with Crippen molar-refractivity contribution < 1.29 is 9.47 Å². The van der Waals surface area contributed by atoms with Gasteiger partial charge in [0, 0.05) is 34.6 Å². The molecule has 4 heteroatoms. The predicted molar refractivity (Wildman–Crippen MR) is 143 cm³/mol. The smallest absolute Gasteiger partial charge is 0.131 e. The van der Waals surface area contributed by atoms with Gasteiger partial charge in [0.2, 0.25) is 0 Å². The van der Waals surface area contributed by atoms with Crippen molar-refractivity contribution in [2.75, 3.05) is 0 Å².